The number of aliphatic hydroxyl groups is 1. The zero-order valence-electron chi connectivity index (χ0n) is 11.9. The first-order chi connectivity index (χ1) is 9.28. The number of carbonyl (C=O) groups excluding carboxylic acids is 1. The molecule has 1 rings (SSSR count). The summed E-state index contributed by atoms with van der Waals surface area (Å²) in [5.41, 5.74) is -0.555. The molecular formula is C14H20BrNO4. The van der Waals surface area contributed by atoms with Crippen LogP contribution >= 0.6 is 15.9 Å². The van der Waals surface area contributed by atoms with Gasteiger partial charge >= 0.3 is 6.09 Å². The maximum Gasteiger partial charge on any atom is 0.407 e. The standard InChI is InChI=1S/C14H20BrNO4/c1-14(2,3)20-13(18)16-8-10(17)9-19-12-7-5-4-6-11(12)15/h4-7,10,17H,8-9H2,1-3H3,(H,16,18). The lowest BCUT2D eigenvalue weighted by molar-refractivity contribution is 0.0462. The van der Waals surface area contributed by atoms with Crippen molar-refractivity contribution in [2.45, 2.75) is 32.5 Å². The number of aliphatic hydroxyl groups excluding tert-OH is 1. The summed E-state index contributed by atoms with van der Waals surface area (Å²) in [7, 11) is 0. The van der Waals surface area contributed by atoms with Crippen molar-refractivity contribution in [2.75, 3.05) is 13.2 Å². The van der Waals surface area contributed by atoms with Crippen LogP contribution < -0.4 is 10.1 Å². The van der Waals surface area contributed by atoms with Crippen molar-refractivity contribution in [3.05, 3.63) is 28.7 Å². The molecule has 1 aromatic rings. The van der Waals surface area contributed by atoms with Gasteiger partial charge in [0, 0.05) is 0 Å². The van der Waals surface area contributed by atoms with Crippen molar-refractivity contribution >= 4 is 22.0 Å². The molecule has 20 heavy (non-hydrogen) atoms. The molecule has 0 heterocycles. The third-order valence-electron chi connectivity index (χ3n) is 2.15. The van der Waals surface area contributed by atoms with E-state index < -0.39 is 17.8 Å². The van der Waals surface area contributed by atoms with Crippen LogP contribution in [0.5, 0.6) is 5.75 Å². The minimum atomic E-state index is -0.811. The van der Waals surface area contributed by atoms with Crippen LogP contribution in [0.4, 0.5) is 4.79 Å². The fraction of sp³-hybridized carbons (Fsp3) is 0.500. The van der Waals surface area contributed by atoms with E-state index in [0.717, 1.165) is 4.47 Å². The molecule has 5 nitrogen and oxygen atoms in total. The molecule has 2 N–H and O–H groups in total. The van der Waals surface area contributed by atoms with Crippen LogP contribution in [0.25, 0.3) is 0 Å². The fourth-order valence-electron chi connectivity index (χ4n) is 1.32. The van der Waals surface area contributed by atoms with Crippen molar-refractivity contribution < 1.29 is 19.4 Å². The predicted octanol–water partition coefficient (Wildman–Crippen LogP) is 2.71. The summed E-state index contributed by atoms with van der Waals surface area (Å²) in [6.45, 7) is 5.48. The Balaban J connectivity index is 2.29. The van der Waals surface area contributed by atoms with Crippen molar-refractivity contribution in [2.24, 2.45) is 0 Å². The van der Waals surface area contributed by atoms with Crippen LogP contribution in [-0.4, -0.2) is 36.1 Å². The first-order valence-corrected chi connectivity index (χ1v) is 7.09. The normalized spacial score (nSPS) is 12.7. The molecule has 1 amide bonds. The Bertz CT molecular complexity index is 445. The van der Waals surface area contributed by atoms with Crippen LogP contribution in [0.3, 0.4) is 0 Å². The maximum absolute atomic E-state index is 11.4. The molecule has 0 aromatic heterocycles. The van der Waals surface area contributed by atoms with Gasteiger partial charge in [-0.15, -0.1) is 0 Å². The Morgan fingerprint density at radius 3 is 2.65 bits per heavy atom. The average Bonchev–Trinajstić information content (AvgIpc) is 2.33. The predicted molar refractivity (Wildman–Crippen MR) is 79.9 cm³/mol. The Labute approximate surface area is 127 Å². The minimum absolute atomic E-state index is 0.0688. The van der Waals surface area contributed by atoms with E-state index in [-0.39, 0.29) is 13.2 Å². The quantitative estimate of drug-likeness (QED) is 0.860. The number of para-hydroxylation sites is 1. The van der Waals surface area contributed by atoms with Gasteiger partial charge in [-0.3, -0.25) is 0 Å². The molecule has 0 bridgehead atoms. The smallest absolute Gasteiger partial charge is 0.407 e. The van der Waals surface area contributed by atoms with Crippen LogP contribution in [0, 0.1) is 0 Å². The number of halogens is 1. The molecule has 6 heteroatoms. The third-order valence-corrected chi connectivity index (χ3v) is 2.80. The highest BCUT2D eigenvalue weighted by Gasteiger charge is 2.17. The molecule has 0 aliphatic rings. The molecule has 0 saturated carbocycles. The summed E-state index contributed by atoms with van der Waals surface area (Å²) in [6, 6.07) is 7.35. The van der Waals surface area contributed by atoms with E-state index in [1.165, 1.54) is 0 Å². The summed E-state index contributed by atoms with van der Waals surface area (Å²) in [5, 5.41) is 12.2. The van der Waals surface area contributed by atoms with Gasteiger partial charge in [0.25, 0.3) is 0 Å². The number of benzene rings is 1. The van der Waals surface area contributed by atoms with Gasteiger partial charge in [-0.2, -0.15) is 0 Å². The fourth-order valence-corrected chi connectivity index (χ4v) is 1.72. The first kappa shape index (κ1) is 16.8. The van der Waals surface area contributed by atoms with Crippen LogP contribution in [0.1, 0.15) is 20.8 Å². The van der Waals surface area contributed by atoms with E-state index in [9.17, 15) is 9.90 Å². The van der Waals surface area contributed by atoms with E-state index in [1.54, 1.807) is 26.8 Å². The zero-order valence-corrected chi connectivity index (χ0v) is 13.4. The lowest BCUT2D eigenvalue weighted by Crippen LogP contribution is -2.38. The zero-order chi connectivity index (χ0) is 15.2. The Hall–Kier alpha value is -1.27. The molecule has 0 spiro atoms. The molecule has 1 aromatic carbocycles. The summed E-state index contributed by atoms with van der Waals surface area (Å²) in [5.74, 6) is 0.642. The van der Waals surface area contributed by atoms with E-state index in [0.29, 0.717) is 5.75 Å². The van der Waals surface area contributed by atoms with Gasteiger partial charge in [0.15, 0.2) is 0 Å². The highest BCUT2D eigenvalue weighted by Crippen LogP contribution is 2.23. The topological polar surface area (TPSA) is 67.8 Å². The molecule has 0 aliphatic carbocycles. The monoisotopic (exact) mass is 345 g/mol. The second-order valence-corrected chi connectivity index (χ2v) is 6.13. The van der Waals surface area contributed by atoms with Crippen molar-refractivity contribution in [3.63, 3.8) is 0 Å². The highest BCUT2D eigenvalue weighted by atomic mass is 79.9. The number of hydrogen-bond acceptors (Lipinski definition) is 4. The van der Waals surface area contributed by atoms with Gasteiger partial charge in [-0.25, -0.2) is 4.79 Å². The number of amides is 1. The number of nitrogens with one attached hydrogen (secondary N) is 1. The summed E-state index contributed by atoms with van der Waals surface area (Å²) in [6.07, 6.45) is -1.37. The average molecular weight is 346 g/mol. The lowest BCUT2D eigenvalue weighted by Gasteiger charge is -2.20. The number of ether oxygens (including phenoxy) is 2. The molecule has 1 atom stereocenters. The van der Waals surface area contributed by atoms with Gasteiger partial charge < -0.3 is 19.9 Å². The number of hydrogen-bond donors (Lipinski definition) is 2. The third kappa shape index (κ3) is 6.77. The van der Waals surface area contributed by atoms with Crippen molar-refractivity contribution in [3.8, 4) is 5.75 Å². The molecular weight excluding hydrogens is 326 g/mol. The van der Waals surface area contributed by atoms with E-state index in [1.807, 2.05) is 18.2 Å². The van der Waals surface area contributed by atoms with Crippen LogP contribution in [-0.2, 0) is 4.74 Å². The van der Waals surface area contributed by atoms with E-state index >= 15 is 0 Å². The second-order valence-electron chi connectivity index (χ2n) is 5.28. The summed E-state index contributed by atoms with van der Waals surface area (Å²) < 4.78 is 11.3. The van der Waals surface area contributed by atoms with Crippen molar-refractivity contribution in [1.29, 1.82) is 0 Å². The molecule has 0 radical (unpaired) electrons. The van der Waals surface area contributed by atoms with Gasteiger partial charge in [-0.1, -0.05) is 12.1 Å². The molecule has 0 aliphatic heterocycles. The maximum atomic E-state index is 11.4. The van der Waals surface area contributed by atoms with Gasteiger partial charge in [-0.05, 0) is 48.8 Å². The number of alkyl carbamates (subject to hydrolysis) is 1. The minimum Gasteiger partial charge on any atom is -0.490 e. The molecule has 1 unspecified atom stereocenters. The van der Waals surface area contributed by atoms with Crippen LogP contribution in [0.2, 0.25) is 0 Å². The van der Waals surface area contributed by atoms with Gasteiger partial charge in [0.2, 0.25) is 0 Å². The molecule has 0 saturated heterocycles. The van der Waals surface area contributed by atoms with E-state index in [4.69, 9.17) is 9.47 Å². The van der Waals surface area contributed by atoms with Crippen molar-refractivity contribution in [1.82, 2.24) is 5.32 Å². The highest BCUT2D eigenvalue weighted by molar-refractivity contribution is 9.10. The molecule has 112 valence electrons. The van der Waals surface area contributed by atoms with Gasteiger partial charge in [0.05, 0.1) is 11.0 Å². The SMILES string of the molecule is CC(C)(C)OC(=O)NCC(O)COc1ccccc1Br. The van der Waals surface area contributed by atoms with Crippen LogP contribution in [0.15, 0.2) is 28.7 Å². The summed E-state index contributed by atoms with van der Waals surface area (Å²) >= 11 is 3.35. The number of carbonyl (C=O) groups is 1. The second kappa shape index (κ2) is 7.50. The van der Waals surface area contributed by atoms with Gasteiger partial charge in [0.1, 0.15) is 24.1 Å². The number of rotatable bonds is 5. The Kier molecular flexibility index (Phi) is 6.29. The Morgan fingerprint density at radius 1 is 1.40 bits per heavy atom. The largest absolute Gasteiger partial charge is 0.490 e. The molecule has 0 fully saturated rings. The van der Waals surface area contributed by atoms with E-state index in [2.05, 4.69) is 21.2 Å². The summed E-state index contributed by atoms with van der Waals surface area (Å²) in [4.78, 5) is 11.4. The lowest BCUT2D eigenvalue weighted by atomic mass is 10.2. The first-order valence-electron chi connectivity index (χ1n) is 6.30. The Morgan fingerprint density at radius 2 is 2.05 bits per heavy atom.